The van der Waals surface area contributed by atoms with Gasteiger partial charge >= 0.3 is 0 Å². The zero-order valence-electron chi connectivity index (χ0n) is 20.7. The number of hydrogen-bond acceptors (Lipinski definition) is 8. The summed E-state index contributed by atoms with van der Waals surface area (Å²) in [5, 5.41) is 16.0. The molecule has 1 atom stereocenters. The highest BCUT2D eigenvalue weighted by atomic mass is 16.5. The van der Waals surface area contributed by atoms with Crippen LogP contribution < -0.4 is 15.0 Å². The van der Waals surface area contributed by atoms with Crippen LogP contribution in [0.2, 0.25) is 0 Å². The van der Waals surface area contributed by atoms with Crippen LogP contribution in [-0.2, 0) is 11.3 Å². The molecule has 1 amide bonds. The first kappa shape index (κ1) is 26.0. The van der Waals surface area contributed by atoms with Gasteiger partial charge in [-0.25, -0.2) is 0 Å². The van der Waals surface area contributed by atoms with Crippen molar-refractivity contribution >= 4 is 11.9 Å². The zero-order valence-corrected chi connectivity index (χ0v) is 20.7. The maximum absolute atomic E-state index is 12.3. The van der Waals surface area contributed by atoms with Crippen molar-refractivity contribution in [2.75, 3.05) is 31.2 Å². The number of carbonyl (C=O) groups excluding carboxylic acids is 1. The number of aromatic nitrogens is 2. The maximum atomic E-state index is 12.3. The molecule has 34 heavy (non-hydrogen) atoms. The van der Waals surface area contributed by atoms with Crippen LogP contribution in [0.15, 0.2) is 22.7 Å². The lowest BCUT2D eigenvalue weighted by molar-refractivity contribution is 0.0485. The molecule has 1 aliphatic heterocycles. The van der Waals surface area contributed by atoms with Gasteiger partial charge in [0.25, 0.3) is 17.7 Å². The fourth-order valence-electron chi connectivity index (χ4n) is 3.98. The van der Waals surface area contributed by atoms with E-state index in [0.29, 0.717) is 36.5 Å². The fraction of sp³-hybridized carbons (Fsp3) is 0.640. The molecular formula is C25H38N4O5. The second-order valence-electron chi connectivity index (χ2n) is 9.30. The Hall–Kier alpha value is -2.65. The number of piperidine rings is 1. The second kappa shape index (κ2) is 12.7. The normalized spacial score (nSPS) is 15.5. The van der Waals surface area contributed by atoms with E-state index in [2.05, 4.69) is 20.4 Å². The summed E-state index contributed by atoms with van der Waals surface area (Å²) in [7, 11) is 0. The Balaban J connectivity index is 1.35. The SMILES string of the molecule is Cc1cc(OCCCC2CCN(c3noc(COC(C)C)n3)CC2)ccc1C(=O)N[C@H](C)CO. The van der Waals surface area contributed by atoms with Gasteiger partial charge in [-0.2, -0.15) is 4.98 Å². The van der Waals surface area contributed by atoms with Crippen LogP contribution in [0.3, 0.4) is 0 Å². The number of aryl methyl sites for hydroxylation is 1. The van der Waals surface area contributed by atoms with E-state index in [1.54, 1.807) is 13.0 Å². The molecule has 3 rings (SSSR count). The highest BCUT2D eigenvalue weighted by molar-refractivity contribution is 5.95. The van der Waals surface area contributed by atoms with Crippen LogP contribution in [0.1, 0.15) is 68.3 Å². The smallest absolute Gasteiger partial charge is 0.266 e. The number of anilines is 1. The van der Waals surface area contributed by atoms with E-state index in [-0.39, 0.29) is 24.7 Å². The molecule has 1 aromatic carbocycles. The van der Waals surface area contributed by atoms with Crippen LogP contribution in [0.4, 0.5) is 5.95 Å². The van der Waals surface area contributed by atoms with Gasteiger partial charge in [-0.3, -0.25) is 4.79 Å². The minimum Gasteiger partial charge on any atom is -0.494 e. The van der Waals surface area contributed by atoms with Gasteiger partial charge in [0.15, 0.2) is 0 Å². The predicted octanol–water partition coefficient (Wildman–Crippen LogP) is 3.49. The minimum absolute atomic E-state index is 0.0864. The number of nitrogens with zero attached hydrogens (tertiary/aromatic N) is 3. The van der Waals surface area contributed by atoms with E-state index in [0.717, 1.165) is 50.1 Å². The summed E-state index contributed by atoms with van der Waals surface area (Å²) < 4.78 is 16.7. The standard InChI is InChI=1S/C25H38N4O5/c1-17(2)33-16-23-27-25(28-34-23)29-11-9-20(10-12-29)6-5-13-32-21-7-8-22(18(3)14-21)24(31)26-19(4)15-30/h7-8,14,17,19-20,30H,5-6,9-13,15-16H2,1-4H3,(H,26,31)/t19-/m1/s1. The van der Waals surface area contributed by atoms with Crippen molar-refractivity contribution < 1.29 is 23.9 Å². The number of amides is 1. The summed E-state index contributed by atoms with van der Waals surface area (Å²) in [5.41, 5.74) is 1.45. The summed E-state index contributed by atoms with van der Waals surface area (Å²) in [4.78, 5) is 18.9. The summed E-state index contributed by atoms with van der Waals surface area (Å²) in [5.74, 6) is 2.43. The lowest BCUT2D eigenvalue weighted by Gasteiger charge is -2.30. The molecule has 2 aromatic rings. The molecule has 0 saturated carbocycles. The average Bonchev–Trinajstić information content (AvgIpc) is 3.30. The van der Waals surface area contributed by atoms with E-state index >= 15 is 0 Å². The first-order chi connectivity index (χ1) is 16.4. The third-order valence-electron chi connectivity index (χ3n) is 6.01. The number of ether oxygens (including phenoxy) is 2. The molecule has 0 radical (unpaired) electrons. The van der Waals surface area contributed by atoms with Gasteiger partial charge in [-0.05, 0) is 88.2 Å². The number of aliphatic hydroxyl groups is 1. The zero-order chi connectivity index (χ0) is 24.5. The molecule has 2 N–H and O–H groups in total. The molecule has 1 saturated heterocycles. The van der Waals surface area contributed by atoms with Gasteiger partial charge in [0, 0.05) is 24.7 Å². The monoisotopic (exact) mass is 474 g/mol. The van der Waals surface area contributed by atoms with Gasteiger partial charge in [0.05, 0.1) is 19.3 Å². The van der Waals surface area contributed by atoms with Crippen LogP contribution in [0.5, 0.6) is 5.75 Å². The van der Waals surface area contributed by atoms with Crippen LogP contribution in [0.25, 0.3) is 0 Å². The van der Waals surface area contributed by atoms with Gasteiger partial charge in [-0.15, -0.1) is 0 Å². The molecular weight excluding hydrogens is 436 g/mol. The summed E-state index contributed by atoms with van der Waals surface area (Å²) >= 11 is 0. The molecule has 9 heteroatoms. The molecule has 9 nitrogen and oxygen atoms in total. The average molecular weight is 475 g/mol. The van der Waals surface area contributed by atoms with Crippen molar-refractivity contribution in [1.82, 2.24) is 15.5 Å². The lowest BCUT2D eigenvalue weighted by atomic mass is 9.92. The molecule has 0 spiro atoms. The lowest BCUT2D eigenvalue weighted by Crippen LogP contribution is -2.35. The Morgan fingerprint density at radius 3 is 2.74 bits per heavy atom. The van der Waals surface area contributed by atoms with Crippen molar-refractivity contribution in [1.29, 1.82) is 0 Å². The van der Waals surface area contributed by atoms with Crippen molar-refractivity contribution in [3.63, 3.8) is 0 Å². The Labute approximate surface area is 201 Å². The van der Waals surface area contributed by atoms with Gasteiger partial charge < -0.3 is 29.3 Å². The van der Waals surface area contributed by atoms with Crippen LogP contribution in [0, 0.1) is 12.8 Å². The topological polar surface area (TPSA) is 110 Å². The third kappa shape index (κ3) is 7.70. The molecule has 188 valence electrons. The van der Waals surface area contributed by atoms with Crippen molar-refractivity contribution in [3.05, 3.63) is 35.2 Å². The van der Waals surface area contributed by atoms with Gasteiger partial charge in [0.1, 0.15) is 12.4 Å². The van der Waals surface area contributed by atoms with E-state index in [1.807, 2.05) is 32.9 Å². The quantitative estimate of drug-likeness (QED) is 0.450. The van der Waals surface area contributed by atoms with Crippen molar-refractivity contribution in [3.8, 4) is 5.75 Å². The number of carbonyl (C=O) groups is 1. The molecule has 1 fully saturated rings. The highest BCUT2D eigenvalue weighted by Gasteiger charge is 2.22. The second-order valence-corrected chi connectivity index (χ2v) is 9.30. The Bertz CT molecular complexity index is 908. The summed E-state index contributed by atoms with van der Waals surface area (Å²) in [6.45, 7) is 10.4. The highest BCUT2D eigenvalue weighted by Crippen LogP contribution is 2.25. The number of aliphatic hydroxyl groups excluding tert-OH is 1. The molecule has 1 aliphatic rings. The first-order valence-corrected chi connectivity index (χ1v) is 12.2. The fourth-order valence-corrected chi connectivity index (χ4v) is 3.98. The maximum Gasteiger partial charge on any atom is 0.266 e. The molecule has 0 aliphatic carbocycles. The summed E-state index contributed by atoms with van der Waals surface area (Å²) in [6, 6.07) is 5.22. The Morgan fingerprint density at radius 2 is 2.06 bits per heavy atom. The van der Waals surface area contributed by atoms with Gasteiger partial charge in [-0.1, -0.05) is 0 Å². The Kier molecular flexibility index (Phi) is 9.71. The largest absolute Gasteiger partial charge is 0.494 e. The number of hydrogen-bond donors (Lipinski definition) is 2. The first-order valence-electron chi connectivity index (χ1n) is 12.2. The third-order valence-corrected chi connectivity index (χ3v) is 6.01. The van der Waals surface area contributed by atoms with Crippen molar-refractivity contribution in [2.45, 2.75) is 72.1 Å². The number of rotatable bonds is 12. The van der Waals surface area contributed by atoms with Crippen LogP contribution in [-0.4, -0.2) is 59.6 Å². The van der Waals surface area contributed by atoms with E-state index in [9.17, 15) is 4.79 Å². The molecule has 2 heterocycles. The summed E-state index contributed by atoms with van der Waals surface area (Å²) in [6.07, 6.45) is 4.43. The van der Waals surface area contributed by atoms with E-state index in [1.165, 1.54) is 0 Å². The van der Waals surface area contributed by atoms with E-state index in [4.69, 9.17) is 19.1 Å². The minimum atomic E-state index is -0.274. The molecule has 0 bridgehead atoms. The van der Waals surface area contributed by atoms with E-state index < -0.39 is 0 Å². The number of benzene rings is 1. The number of nitrogens with one attached hydrogen (secondary N) is 1. The molecule has 0 unspecified atom stereocenters. The van der Waals surface area contributed by atoms with Crippen LogP contribution >= 0.6 is 0 Å². The molecule has 1 aromatic heterocycles. The predicted molar refractivity (Wildman–Crippen MR) is 129 cm³/mol. The Morgan fingerprint density at radius 1 is 1.29 bits per heavy atom. The van der Waals surface area contributed by atoms with Gasteiger partial charge in [0.2, 0.25) is 0 Å². The van der Waals surface area contributed by atoms with Crippen molar-refractivity contribution in [2.24, 2.45) is 5.92 Å².